The Morgan fingerprint density at radius 1 is 0.636 bits per heavy atom. The van der Waals surface area contributed by atoms with Crippen LogP contribution in [0.2, 0.25) is 0 Å². The Morgan fingerprint density at radius 2 is 1.06 bits per heavy atom. The molecule has 27 nitrogen and oxygen atoms in total. The molecule has 462 valence electrons. The smallest absolute Gasteiger partial charge is 0.355 e. The monoisotopic (exact) mass is 1230 g/mol. The van der Waals surface area contributed by atoms with Crippen molar-refractivity contribution in [3.05, 3.63) is 115 Å². The molecule has 4 aromatic heterocycles. The third kappa shape index (κ3) is 12.6. The first-order valence-corrected chi connectivity index (χ1v) is 29.5. The summed E-state index contributed by atoms with van der Waals surface area (Å²) in [6.07, 6.45) is -3.60. The molecule has 10 rings (SSSR count). The maximum Gasteiger partial charge on any atom is 0.355 e. The molecular weight excluding hydrogens is 1170 g/mol. The largest absolute Gasteiger partial charge is 0.756 e. The van der Waals surface area contributed by atoms with E-state index in [1.165, 1.54) is 21.3 Å². The van der Waals surface area contributed by atoms with Crippen LogP contribution in [0, 0.1) is 0 Å². The number of ether oxygens (including phenoxy) is 8. The number of quaternary nitrogens is 1. The maximum absolute atomic E-state index is 13.8. The lowest BCUT2D eigenvalue weighted by Gasteiger charge is -2.35. The Kier molecular flexibility index (Phi) is 17.1. The summed E-state index contributed by atoms with van der Waals surface area (Å²) in [7, 11) is 0.313. The molecule has 0 bridgehead atoms. The summed E-state index contributed by atoms with van der Waals surface area (Å²) in [6, 6.07) is 16.0. The molecule has 0 fully saturated rings. The number of hydrogen-bond donors (Lipinski definition) is 0. The summed E-state index contributed by atoms with van der Waals surface area (Å²) in [5.41, 5.74) is 0.255. The van der Waals surface area contributed by atoms with E-state index < -0.39 is 123 Å². The van der Waals surface area contributed by atoms with E-state index in [9.17, 15) is 57.4 Å². The van der Waals surface area contributed by atoms with E-state index in [0.29, 0.717) is 60.2 Å². The zero-order valence-electron chi connectivity index (χ0n) is 48.9. The van der Waals surface area contributed by atoms with Gasteiger partial charge in [-0.3, -0.25) is 42.9 Å². The van der Waals surface area contributed by atoms with Gasteiger partial charge in [-0.15, -0.1) is 0 Å². The van der Waals surface area contributed by atoms with Crippen LogP contribution in [0.15, 0.2) is 70.3 Å². The van der Waals surface area contributed by atoms with Gasteiger partial charge in [-0.2, -0.15) is 0 Å². The number of benzene rings is 2. The molecule has 4 aliphatic heterocycles. The predicted octanol–water partition coefficient (Wildman–Crippen LogP) is 4.35. The highest BCUT2D eigenvalue weighted by Gasteiger charge is 2.51. The summed E-state index contributed by atoms with van der Waals surface area (Å²) in [5.74, 6) is -6.43. The number of aromatic nitrogens is 4. The normalized spacial score (nSPS) is 18.0. The van der Waals surface area contributed by atoms with E-state index in [4.69, 9.17) is 56.9 Å². The predicted molar refractivity (Wildman–Crippen MR) is 301 cm³/mol. The number of phosphoric acid groups is 1. The Balaban J connectivity index is 0.730. The standard InChI is InChI=1S/C60H60N5O22P/c1-8-59(85-32(3)66)43-24-47-53-36(26-63(47)55(72)41(43)30-80-57(59)74)20-34-22-38(10-12-45(34)61-53)83-51(70)16-14-49(68)78-28-40(87-88(76,77)82-19-18-65(5,6)7)29-79-50(69)15-17-52(71)84-39-11-13-46-35(23-39)21-37-27-64-48(54(37)62-46)25-44-42(56(64)73)31-81-58(75)60(44,9-2)86-33(4)67/h10-13,20-25,40H,8-9,14-19,26-31H2,1-7H3. The van der Waals surface area contributed by atoms with Gasteiger partial charge in [0, 0.05) is 46.9 Å². The number of esters is 8. The lowest BCUT2D eigenvalue weighted by Crippen LogP contribution is -2.47. The number of rotatable bonds is 22. The quantitative estimate of drug-likeness (QED) is 0.0299. The molecule has 3 atom stereocenters. The number of phosphoric ester groups is 1. The van der Waals surface area contributed by atoms with Gasteiger partial charge in [-0.1, -0.05) is 13.8 Å². The van der Waals surface area contributed by atoms with Gasteiger partial charge >= 0.3 is 47.8 Å². The average molecular weight is 1230 g/mol. The lowest BCUT2D eigenvalue weighted by molar-refractivity contribution is -0.870. The first-order valence-electron chi connectivity index (χ1n) is 28.0. The van der Waals surface area contributed by atoms with Crippen LogP contribution in [0.4, 0.5) is 0 Å². The van der Waals surface area contributed by atoms with Crippen molar-refractivity contribution in [1.29, 1.82) is 0 Å². The molecule has 8 heterocycles. The Hall–Kier alpha value is -9.01. The molecule has 2 aromatic carbocycles. The van der Waals surface area contributed by atoms with E-state index in [-0.39, 0.29) is 86.0 Å². The van der Waals surface area contributed by atoms with Crippen molar-refractivity contribution in [3.8, 4) is 34.3 Å². The lowest BCUT2D eigenvalue weighted by atomic mass is 9.85. The second-order valence-electron chi connectivity index (χ2n) is 22.4. The van der Waals surface area contributed by atoms with E-state index >= 15 is 0 Å². The molecule has 0 spiro atoms. The van der Waals surface area contributed by atoms with Crippen molar-refractivity contribution in [1.82, 2.24) is 19.1 Å². The summed E-state index contributed by atoms with van der Waals surface area (Å²) >= 11 is 0. The van der Waals surface area contributed by atoms with Crippen LogP contribution in [0.5, 0.6) is 11.5 Å². The molecular formula is C60H60N5O22P. The van der Waals surface area contributed by atoms with Crippen molar-refractivity contribution in [3.63, 3.8) is 0 Å². The zero-order chi connectivity index (χ0) is 63.2. The van der Waals surface area contributed by atoms with Crippen LogP contribution in [0.25, 0.3) is 44.6 Å². The highest BCUT2D eigenvalue weighted by Crippen LogP contribution is 2.44. The SMILES string of the molecule is CCC1(OC(C)=O)C(=O)OCc2c1cc1n(c2=O)Cc2cc3cc(OC(=O)CCC(=O)OCC(COC(=O)CCC(=O)Oc4ccc5nc6c(cc5c4)Cn4c-6cc5c(c4=O)COC(=O)C5(CC)OC(C)=O)OP(=O)([O-])OCC[N+](C)(C)C)ccc3nc2-1. The molecule has 3 unspecified atom stereocenters. The van der Waals surface area contributed by atoms with Gasteiger partial charge < -0.3 is 65.5 Å². The first kappa shape index (κ1) is 62.1. The molecule has 0 aliphatic carbocycles. The van der Waals surface area contributed by atoms with Gasteiger partial charge in [-0.25, -0.2) is 19.6 Å². The molecule has 0 amide bonds. The molecule has 6 aromatic rings. The van der Waals surface area contributed by atoms with E-state index in [2.05, 4.69) is 0 Å². The summed E-state index contributed by atoms with van der Waals surface area (Å²) in [4.78, 5) is 153. The highest BCUT2D eigenvalue weighted by molar-refractivity contribution is 7.45. The number of pyridine rings is 4. The third-order valence-corrected chi connectivity index (χ3v) is 16.3. The fourth-order valence-corrected chi connectivity index (χ4v) is 11.8. The molecule has 0 saturated carbocycles. The maximum atomic E-state index is 13.8. The third-order valence-electron chi connectivity index (χ3n) is 15.2. The van der Waals surface area contributed by atoms with E-state index in [0.717, 1.165) is 13.8 Å². The topological polar surface area (TPSA) is 339 Å². The Morgan fingerprint density at radius 3 is 1.45 bits per heavy atom. The van der Waals surface area contributed by atoms with Crippen molar-refractivity contribution in [2.24, 2.45) is 0 Å². The average Bonchev–Trinajstić information content (AvgIpc) is 1.58. The van der Waals surface area contributed by atoms with Crippen molar-refractivity contribution < 1.29 is 99.2 Å². The van der Waals surface area contributed by atoms with Crippen LogP contribution in [0.3, 0.4) is 0 Å². The van der Waals surface area contributed by atoms with E-state index in [1.807, 2.05) is 0 Å². The Bertz CT molecular complexity index is 3890. The van der Waals surface area contributed by atoms with Gasteiger partial charge in [-0.05, 0) is 73.5 Å². The van der Waals surface area contributed by atoms with Crippen LogP contribution in [-0.4, -0.2) is 125 Å². The summed E-state index contributed by atoms with van der Waals surface area (Å²) in [5, 5.41) is 1.08. The number of cyclic esters (lactones) is 2. The first-order chi connectivity index (χ1) is 41.7. The van der Waals surface area contributed by atoms with Crippen molar-refractivity contribution in [2.75, 3.05) is 47.5 Å². The van der Waals surface area contributed by atoms with Crippen LogP contribution in [-0.2, 0) is 118 Å². The van der Waals surface area contributed by atoms with Crippen LogP contribution < -0.4 is 25.5 Å². The minimum atomic E-state index is -5.10. The minimum absolute atomic E-state index is 0.0186. The molecule has 28 heteroatoms. The second kappa shape index (κ2) is 24.3. The second-order valence-corrected chi connectivity index (χ2v) is 23.7. The van der Waals surface area contributed by atoms with Crippen molar-refractivity contribution in [2.45, 2.75) is 110 Å². The fraction of sp³-hybridized carbons (Fsp3) is 0.400. The van der Waals surface area contributed by atoms with Crippen molar-refractivity contribution >= 4 is 77.4 Å². The van der Waals surface area contributed by atoms with Gasteiger partial charge in [0.25, 0.3) is 18.9 Å². The molecule has 4 aliphatic rings. The summed E-state index contributed by atoms with van der Waals surface area (Å²) < 4.78 is 69.7. The van der Waals surface area contributed by atoms with Gasteiger partial charge in [0.05, 0.1) is 105 Å². The molecule has 0 N–H and O–H groups in total. The molecule has 0 radical (unpaired) electrons. The number of nitrogens with zero attached hydrogens (tertiary/aromatic N) is 5. The van der Waals surface area contributed by atoms with Gasteiger partial charge in [0.2, 0.25) is 11.2 Å². The van der Waals surface area contributed by atoms with Crippen LogP contribution in [0.1, 0.15) is 99.6 Å². The van der Waals surface area contributed by atoms with E-state index in [1.54, 1.807) is 83.5 Å². The highest BCUT2D eigenvalue weighted by atomic mass is 31.2. The minimum Gasteiger partial charge on any atom is -0.756 e. The van der Waals surface area contributed by atoms with Gasteiger partial charge in [0.1, 0.15) is 57.2 Å². The van der Waals surface area contributed by atoms with Gasteiger partial charge in [0.15, 0.2) is 0 Å². The zero-order valence-corrected chi connectivity index (χ0v) is 49.8. The Labute approximate surface area is 500 Å². The fourth-order valence-electron chi connectivity index (χ4n) is 10.9. The summed E-state index contributed by atoms with van der Waals surface area (Å²) in [6.45, 7) is 3.67. The molecule has 0 saturated heterocycles. The number of hydrogen-bond acceptors (Lipinski definition) is 24. The van der Waals surface area contributed by atoms with Crippen LogP contribution >= 0.6 is 7.82 Å². The number of carbonyl (C=O) groups is 8. The number of fused-ring (bicyclic) bond motifs is 10. The number of likely N-dealkylation sites (N-methyl/N-ethyl adjacent to an activating group) is 1. The number of carbonyl (C=O) groups excluding carboxylic acids is 8. The molecule has 88 heavy (non-hydrogen) atoms.